The number of aromatic nitrogens is 3. The van der Waals surface area contributed by atoms with E-state index >= 15 is 0 Å². The Morgan fingerprint density at radius 2 is 2.03 bits per heavy atom. The first-order chi connectivity index (χ1) is 13.8. The molecule has 3 rings (SSSR count). The Morgan fingerprint density at radius 3 is 2.72 bits per heavy atom. The maximum absolute atomic E-state index is 12.7. The fourth-order valence-electron chi connectivity index (χ4n) is 2.84. The van der Waals surface area contributed by atoms with Crippen LogP contribution in [0.5, 0.6) is 0 Å². The van der Waals surface area contributed by atoms with E-state index in [0.29, 0.717) is 5.78 Å². The normalized spacial score (nSPS) is 12.0. The summed E-state index contributed by atoms with van der Waals surface area (Å²) in [4.78, 5) is 44.0. The Labute approximate surface area is 165 Å². The van der Waals surface area contributed by atoms with Crippen LogP contribution < -0.4 is 5.32 Å². The monoisotopic (exact) mass is 397 g/mol. The van der Waals surface area contributed by atoms with Gasteiger partial charge >= 0.3 is 5.97 Å². The van der Waals surface area contributed by atoms with Gasteiger partial charge in [-0.2, -0.15) is 0 Å². The molecule has 0 saturated carbocycles. The van der Waals surface area contributed by atoms with Gasteiger partial charge in [0.15, 0.2) is 0 Å². The number of nitro groups is 1. The minimum absolute atomic E-state index is 0.0736. The number of nitrogens with zero attached hydrogens (tertiary/aromatic N) is 4. The van der Waals surface area contributed by atoms with E-state index in [-0.39, 0.29) is 29.5 Å². The van der Waals surface area contributed by atoms with Crippen LogP contribution in [0, 0.1) is 10.1 Å². The van der Waals surface area contributed by atoms with E-state index in [2.05, 4.69) is 15.3 Å². The fourth-order valence-corrected chi connectivity index (χ4v) is 2.84. The molecule has 0 aliphatic heterocycles. The minimum Gasteiger partial charge on any atom is -0.463 e. The van der Waals surface area contributed by atoms with Gasteiger partial charge in [0.05, 0.1) is 29.1 Å². The number of nitrogens with one attached hydrogen (secondary N) is 1. The van der Waals surface area contributed by atoms with Crippen molar-refractivity contribution < 1.29 is 19.2 Å². The summed E-state index contributed by atoms with van der Waals surface area (Å²) in [5.41, 5.74) is 0.0739. The van der Waals surface area contributed by atoms with Crippen LogP contribution in [0.2, 0.25) is 0 Å². The standard InChI is InChI=1S/C19H19N5O5/c1-12(2)29-17(25)10-14(13-6-3-4-7-16(13)24(27)28)21-18(26)15-11-23-9-5-8-20-19(23)22-15/h3-9,11-12,14H,10H2,1-2H3,(H,21,26). The van der Waals surface area contributed by atoms with E-state index in [9.17, 15) is 19.7 Å². The van der Waals surface area contributed by atoms with Crippen LogP contribution in [0.1, 0.15) is 42.4 Å². The first kappa shape index (κ1) is 19.9. The number of carbonyl (C=O) groups is 2. The first-order valence-corrected chi connectivity index (χ1v) is 8.88. The summed E-state index contributed by atoms with van der Waals surface area (Å²) in [6, 6.07) is 6.65. The molecule has 150 valence electrons. The van der Waals surface area contributed by atoms with Crippen LogP contribution in [0.15, 0.2) is 48.9 Å². The number of para-hydroxylation sites is 1. The molecule has 1 atom stereocenters. The van der Waals surface area contributed by atoms with E-state index in [4.69, 9.17) is 4.74 Å². The summed E-state index contributed by atoms with van der Waals surface area (Å²) in [5.74, 6) is -0.838. The van der Waals surface area contributed by atoms with E-state index in [1.807, 2.05) is 0 Å². The highest BCUT2D eigenvalue weighted by atomic mass is 16.6. The summed E-state index contributed by atoms with van der Waals surface area (Å²) in [7, 11) is 0. The van der Waals surface area contributed by atoms with Crippen LogP contribution in [-0.4, -0.2) is 37.3 Å². The molecule has 1 unspecified atom stereocenters. The third kappa shape index (κ3) is 4.72. The van der Waals surface area contributed by atoms with Gasteiger partial charge in [0.2, 0.25) is 5.78 Å². The van der Waals surface area contributed by atoms with Crippen molar-refractivity contribution in [3.8, 4) is 0 Å². The van der Waals surface area contributed by atoms with Gasteiger partial charge in [0.25, 0.3) is 11.6 Å². The van der Waals surface area contributed by atoms with Crippen molar-refractivity contribution in [3.63, 3.8) is 0 Å². The van der Waals surface area contributed by atoms with E-state index in [1.54, 1.807) is 42.8 Å². The Morgan fingerprint density at radius 1 is 1.28 bits per heavy atom. The lowest BCUT2D eigenvalue weighted by Crippen LogP contribution is -2.31. The summed E-state index contributed by atoms with van der Waals surface area (Å²) in [6.45, 7) is 3.39. The number of hydrogen-bond donors (Lipinski definition) is 1. The SMILES string of the molecule is CC(C)OC(=O)CC(NC(=O)c1cn2cccnc2n1)c1ccccc1[N+](=O)[O-]. The highest BCUT2D eigenvalue weighted by Crippen LogP contribution is 2.28. The molecule has 0 fully saturated rings. The number of hydrogen-bond acceptors (Lipinski definition) is 7. The van der Waals surface area contributed by atoms with Crippen molar-refractivity contribution in [2.24, 2.45) is 0 Å². The zero-order valence-corrected chi connectivity index (χ0v) is 15.8. The predicted octanol–water partition coefficient (Wildman–Crippen LogP) is 2.45. The Balaban J connectivity index is 1.91. The second-order valence-electron chi connectivity index (χ2n) is 6.54. The number of amides is 1. The van der Waals surface area contributed by atoms with Gasteiger partial charge < -0.3 is 10.1 Å². The van der Waals surface area contributed by atoms with E-state index in [0.717, 1.165) is 0 Å². The lowest BCUT2D eigenvalue weighted by molar-refractivity contribution is -0.385. The summed E-state index contributed by atoms with van der Waals surface area (Å²) < 4.78 is 6.72. The molecular formula is C19H19N5O5. The van der Waals surface area contributed by atoms with Gasteiger partial charge in [-0.1, -0.05) is 18.2 Å². The van der Waals surface area contributed by atoms with E-state index in [1.165, 1.54) is 24.4 Å². The van der Waals surface area contributed by atoms with Crippen molar-refractivity contribution in [2.45, 2.75) is 32.4 Å². The zero-order chi connectivity index (χ0) is 21.0. The van der Waals surface area contributed by atoms with Crippen LogP contribution in [0.25, 0.3) is 5.78 Å². The average molecular weight is 397 g/mol. The third-order valence-electron chi connectivity index (χ3n) is 4.02. The number of rotatable bonds is 7. The highest BCUT2D eigenvalue weighted by molar-refractivity contribution is 5.93. The van der Waals surface area contributed by atoms with Crippen molar-refractivity contribution in [1.82, 2.24) is 19.7 Å². The summed E-state index contributed by atoms with van der Waals surface area (Å²) >= 11 is 0. The third-order valence-corrected chi connectivity index (χ3v) is 4.02. The zero-order valence-electron chi connectivity index (χ0n) is 15.8. The molecule has 29 heavy (non-hydrogen) atoms. The average Bonchev–Trinajstić information content (AvgIpc) is 3.11. The van der Waals surface area contributed by atoms with Crippen LogP contribution >= 0.6 is 0 Å². The second kappa shape index (κ2) is 8.46. The Bertz CT molecular complexity index is 1030. The largest absolute Gasteiger partial charge is 0.463 e. The Kier molecular flexibility index (Phi) is 5.82. The number of fused-ring (bicyclic) bond motifs is 1. The van der Waals surface area contributed by atoms with Crippen molar-refractivity contribution >= 4 is 23.3 Å². The van der Waals surface area contributed by atoms with Gasteiger partial charge in [-0.25, -0.2) is 9.97 Å². The molecule has 0 aliphatic carbocycles. The van der Waals surface area contributed by atoms with Crippen molar-refractivity contribution in [2.75, 3.05) is 0 Å². The molecule has 1 N–H and O–H groups in total. The number of imidazole rings is 1. The van der Waals surface area contributed by atoms with Crippen LogP contribution in [0.4, 0.5) is 5.69 Å². The molecule has 0 radical (unpaired) electrons. The lowest BCUT2D eigenvalue weighted by Gasteiger charge is -2.19. The van der Waals surface area contributed by atoms with Crippen LogP contribution in [0.3, 0.4) is 0 Å². The molecule has 0 spiro atoms. The molecule has 0 bridgehead atoms. The van der Waals surface area contributed by atoms with Gasteiger partial charge in [0.1, 0.15) is 5.69 Å². The number of nitro benzene ring substituents is 1. The molecule has 0 aliphatic rings. The Hall–Kier alpha value is -3.82. The van der Waals surface area contributed by atoms with E-state index < -0.39 is 22.8 Å². The van der Waals surface area contributed by atoms with Crippen LogP contribution in [-0.2, 0) is 9.53 Å². The predicted molar refractivity (Wildman–Crippen MR) is 102 cm³/mol. The van der Waals surface area contributed by atoms with Gasteiger partial charge in [-0.05, 0) is 19.9 Å². The van der Waals surface area contributed by atoms with Crippen molar-refractivity contribution in [3.05, 3.63) is 70.3 Å². The smallest absolute Gasteiger partial charge is 0.308 e. The van der Waals surface area contributed by atoms with Gasteiger partial charge in [0, 0.05) is 24.7 Å². The second-order valence-corrected chi connectivity index (χ2v) is 6.54. The topological polar surface area (TPSA) is 129 Å². The molecule has 1 amide bonds. The van der Waals surface area contributed by atoms with Gasteiger partial charge in [-0.15, -0.1) is 0 Å². The molecule has 10 nitrogen and oxygen atoms in total. The lowest BCUT2D eigenvalue weighted by atomic mass is 10.0. The fraction of sp³-hybridized carbons (Fsp3) is 0.263. The maximum Gasteiger partial charge on any atom is 0.308 e. The number of carbonyl (C=O) groups excluding carboxylic acids is 2. The summed E-state index contributed by atoms with van der Waals surface area (Å²) in [5, 5.41) is 14.1. The highest BCUT2D eigenvalue weighted by Gasteiger charge is 2.27. The van der Waals surface area contributed by atoms with Crippen molar-refractivity contribution in [1.29, 1.82) is 0 Å². The quantitative estimate of drug-likeness (QED) is 0.368. The molecule has 10 heteroatoms. The molecule has 3 aromatic rings. The molecule has 2 heterocycles. The molecule has 0 saturated heterocycles. The number of benzene rings is 1. The molecule has 1 aromatic carbocycles. The summed E-state index contributed by atoms with van der Waals surface area (Å²) in [6.07, 6.45) is 4.10. The maximum atomic E-state index is 12.7. The number of ether oxygens (including phenoxy) is 1. The number of esters is 1. The van der Waals surface area contributed by atoms with Gasteiger partial charge in [-0.3, -0.25) is 24.1 Å². The first-order valence-electron chi connectivity index (χ1n) is 8.88. The molecular weight excluding hydrogens is 378 g/mol. The molecule has 2 aromatic heterocycles. The minimum atomic E-state index is -0.965.